The van der Waals surface area contributed by atoms with Gasteiger partial charge in [0.05, 0.1) is 0 Å². The summed E-state index contributed by atoms with van der Waals surface area (Å²) in [6.07, 6.45) is 7.17. The number of ether oxygens (including phenoxy) is 2. The predicted molar refractivity (Wildman–Crippen MR) is 85.0 cm³/mol. The summed E-state index contributed by atoms with van der Waals surface area (Å²) in [7, 11) is 0. The van der Waals surface area contributed by atoms with Gasteiger partial charge in [-0.2, -0.15) is 0 Å². The second-order valence-electron chi connectivity index (χ2n) is 6.14. The summed E-state index contributed by atoms with van der Waals surface area (Å²) in [6.45, 7) is 1.42. The molecule has 0 N–H and O–H groups in total. The molecule has 2 aromatic rings. The van der Waals surface area contributed by atoms with Gasteiger partial charge in [-0.05, 0) is 30.9 Å². The molecule has 0 aromatic heterocycles. The number of carbonyl (C=O) groups is 1. The fraction of sp³-hybridized carbons (Fsp3) is 0.316. The molecule has 0 saturated heterocycles. The first kappa shape index (κ1) is 13.4. The van der Waals surface area contributed by atoms with Gasteiger partial charge in [0.1, 0.15) is 17.6 Å². The van der Waals surface area contributed by atoms with Crippen LogP contribution in [0.1, 0.15) is 19.8 Å². The van der Waals surface area contributed by atoms with E-state index in [-0.39, 0.29) is 12.1 Å². The molecule has 1 saturated carbocycles. The Kier molecular flexibility index (Phi) is 3.14. The molecule has 1 fully saturated rings. The van der Waals surface area contributed by atoms with Crippen molar-refractivity contribution in [1.82, 2.24) is 0 Å². The quantitative estimate of drug-likeness (QED) is 0.485. The third kappa shape index (κ3) is 2.27. The lowest BCUT2D eigenvalue weighted by Gasteiger charge is -2.21. The Hall–Kier alpha value is -2.29. The molecular formula is C19H18O3. The fourth-order valence-electron chi connectivity index (χ4n) is 3.62. The number of hydrogen-bond acceptors (Lipinski definition) is 3. The summed E-state index contributed by atoms with van der Waals surface area (Å²) < 4.78 is 11.6. The van der Waals surface area contributed by atoms with Crippen molar-refractivity contribution in [3.05, 3.63) is 48.6 Å². The van der Waals surface area contributed by atoms with Crippen LogP contribution < -0.4 is 9.47 Å². The van der Waals surface area contributed by atoms with E-state index in [0.29, 0.717) is 17.6 Å². The van der Waals surface area contributed by atoms with Crippen LogP contribution in [-0.2, 0) is 4.79 Å². The number of fused-ring (bicyclic) bond motifs is 3. The van der Waals surface area contributed by atoms with E-state index in [0.717, 1.165) is 22.9 Å². The van der Waals surface area contributed by atoms with Crippen LogP contribution in [0.3, 0.4) is 0 Å². The maximum Gasteiger partial charge on any atom is 0.308 e. The molecule has 0 heterocycles. The Bertz CT molecular complexity index is 762. The van der Waals surface area contributed by atoms with Gasteiger partial charge >= 0.3 is 5.97 Å². The molecule has 2 bridgehead atoms. The lowest BCUT2D eigenvalue weighted by atomic mass is 10.0. The number of allylic oxidation sites excluding steroid dienone is 1. The molecule has 3 heteroatoms. The molecular weight excluding hydrogens is 276 g/mol. The van der Waals surface area contributed by atoms with Crippen molar-refractivity contribution in [2.45, 2.75) is 25.9 Å². The molecule has 2 aliphatic rings. The van der Waals surface area contributed by atoms with E-state index >= 15 is 0 Å². The highest BCUT2D eigenvalue weighted by Crippen LogP contribution is 2.42. The molecule has 0 radical (unpaired) electrons. The highest BCUT2D eigenvalue weighted by atomic mass is 16.5. The van der Waals surface area contributed by atoms with Gasteiger partial charge in [0.2, 0.25) is 0 Å². The molecule has 3 atom stereocenters. The number of rotatable bonds is 3. The highest BCUT2D eigenvalue weighted by Gasteiger charge is 2.37. The van der Waals surface area contributed by atoms with Gasteiger partial charge in [-0.1, -0.05) is 36.4 Å². The van der Waals surface area contributed by atoms with E-state index in [4.69, 9.17) is 9.47 Å². The molecule has 22 heavy (non-hydrogen) atoms. The third-order valence-corrected chi connectivity index (χ3v) is 4.59. The van der Waals surface area contributed by atoms with Gasteiger partial charge in [0.15, 0.2) is 0 Å². The van der Waals surface area contributed by atoms with Crippen LogP contribution >= 0.6 is 0 Å². The van der Waals surface area contributed by atoms with E-state index in [1.807, 2.05) is 36.4 Å². The van der Waals surface area contributed by atoms with Crippen LogP contribution in [0.15, 0.2) is 48.6 Å². The van der Waals surface area contributed by atoms with Gasteiger partial charge < -0.3 is 9.47 Å². The Morgan fingerprint density at radius 1 is 1.00 bits per heavy atom. The number of benzene rings is 2. The van der Waals surface area contributed by atoms with Crippen molar-refractivity contribution in [2.24, 2.45) is 11.8 Å². The van der Waals surface area contributed by atoms with Crippen molar-refractivity contribution >= 4 is 16.7 Å². The van der Waals surface area contributed by atoms with Crippen LogP contribution in [0.25, 0.3) is 10.8 Å². The lowest BCUT2D eigenvalue weighted by Crippen LogP contribution is -2.21. The molecule has 3 nitrogen and oxygen atoms in total. The van der Waals surface area contributed by atoms with Gasteiger partial charge in [0.25, 0.3) is 0 Å². The zero-order chi connectivity index (χ0) is 15.1. The standard InChI is InChI=1S/C19H18O3/c1-12(20)21-17-8-9-18(16-5-3-2-4-15(16)17)22-19-11-13-6-7-14(19)10-13/h2-9,13-14,19H,10-11H2,1H3. The van der Waals surface area contributed by atoms with Gasteiger partial charge in [-0.3, -0.25) is 4.79 Å². The Labute approximate surface area is 129 Å². The van der Waals surface area contributed by atoms with Crippen LogP contribution in [-0.4, -0.2) is 12.1 Å². The van der Waals surface area contributed by atoms with Crippen LogP contribution in [0.2, 0.25) is 0 Å². The SMILES string of the molecule is CC(=O)Oc1ccc(OC2CC3C=CC2C3)c2ccccc12. The van der Waals surface area contributed by atoms with E-state index in [9.17, 15) is 4.79 Å². The minimum absolute atomic E-state index is 0.262. The Balaban J connectivity index is 1.69. The smallest absolute Gasteiger partial charge is 0.308 e. The third-order valence-electron chi connectivity index (χ3n) is 4.59. The normalized spacial score (nSPS) is 25.6. The maximum atomic E-state index is 11.2. The molecule has 2 aliphatic carbocycles. The molecule has 0 spiro atoms. The zero-order valence-electron chi connectivity index (χ0n) is 12.5. The minimum Gasteiger partial charge on any atom is -0.489 e. The first-order chi connectivity index (χ1) is 10.7. The number of carbonyl (C=O) groups excluding carboxylic acids is 1. The number of esters is 1. The molecule has 112 valence electrons. The van der Waals surface area contributed by atoms with Crippen molar-refractivity contribution in [3.8, 4) is 11.5 Å². The second-order valence-corrected chi connectivity index (χ2v) is 6.14. The summed E-state index contributed by atoms with van der Waals surface area (Å²) >= 11 is 0. The van der Waals surface area contributed by atoms with Gasteiger partial charge in [0, 0.05) is 23.6 Å². The van der Waals surface area contributed by atoms with Crippen LogP contribution in [0.4, 0.5) is 0 Å². The topological polar surface area (TPSA) is 35.5 Å². The summed E-state index contributed by atoms with van der Waals surface area (Å²) in [5.74, 6) is 2.37. The highest BCUT2D eigenvalue weighted by molar-refractivity contribution is 5.94. The minimum atomic E-state index is -0.308. The summed E-state index contributed by atoms with van der Waals surface area (Å²) in [6, 6.07) is 11.6. The average Bonchev–Trinajstić information content (AvgIpc) is 3.12. The monoisotopic (exact) mass is 294 g/mol. The van der Waals surface area contributed by atoms with Crippen molar-refractivity contribution < 1.29 is 14.3 Å². The summed E-state index contributed by atoms with van der Waals surface area (Å²) in [5.41, 5.74) is 0. The summed E-state index contributed by atoms with van der Waals surface area (Å²) in [4.78, 5) is 11.2. The van der Waals surface area contributed by atoms with Crippen molar-refractivity contribution in [3.63, 3.8) is 0 Å². The first-order valence-corrected chi connectivity index (χ1v) is 7.76. The summed E-state index contributed by atoms with van der Waals surface area (Å²) in [5, 5.41) is 1.90. The molecule has 2 aromatic carbocycles. The second kappa shape index (κ2) is 5.16. The molecule has 4 rings (SSSR count). The fourth-order valence-corrected chi connectivity index (χ4v) is 3.62. The van der Waals surface area contributed by atoms with E-state index in [2.05, 4.69) is 12.2 Å². The maximum absolute atomic E-state index is 11.2. The van der Waals surface area contributed by atoms with Crippen molar-refractivity contribution in [2.75, 3.05) is 0 Å². The Morgan fingerprint density at radius 2 is 1.73 bits per heavy atom. The van der Waals surface area contributed by atoms with Crippen LogP contribution in [0.5, 0.6) is 11.5 Å². The predicted octanol–water partition coefficient (Wildman–Crippen LogP) is 4.11. The van der Waals surface area contributed by atoms with E-state index in [1.54, 1.807) is 0 Å². The molecule has 3 unspecified atom stereocenters. The zero-order valence-corrected chi connectivity index (χ0v) is 12.5. The lowest BCUT2D eigenvalue weighted by molar-refractivity contribution is -0.131. The van der Waals surface area contributed by atoms with Crippen molar-refractivity contribution in [1.29, 1.82) is 0 Å². The largest absolute Gasteiger partial charge is 0.489 e. The van der Waals surface area contributed by atoms with E-state index in [1.165, 1.54) is 13.3 Å². The van der Waals surface area contributed by atoms with Gasteiger partial charge in [-0.15, -0.1) is 0 Å². The van der Waals surface area contributed by atoms with Gasteiger partial charge in [-0.25, -0.2) is 0 Å². The number of hydrogen-bond donors (Lipinski definition) is 0. The van der Waals surface area contributed by atoms with E-state index < -0.39 is 0 Å². The molecule has 0 amide bonds. The molecule has 0 aliphatic heterocycles. The first-order valence-electron chi connectivity index (χ1n) is 7.76. The van der Waals surface area contributed by atoms with Crippen LogP contribution in [0, 0.1) is 11.8 Å². The average molecular weight is 294 g/mol. The Morgan fingerprint density at radius 3 is 2.36 bits per heavy atom.